The highest BCUT2D eigenvalue weighted by atomic mass is 35.5. The molecule has 0 bridgehead atoms. The molecule has 0 radical (unpaired) electrons. The van der Waals surface area contributed by atoms with Crippen molar-refractivity contribution in [2.45, 2.75) is 0 Å². The summed E-state index contributed by atoms with van der Waals surface area (Å²) in [4.78, 5) is 40.1. The van der Waals surface area contributed by atoms with Gasteiger partial charge in [0.1, 0.15) is 0 Å². The number of anilines is 1. The minimum absolute atomic E-state index is 0.000876. The van der Waals surface area contributed by atoms with Gasteiger partial charge in [0, 0.05) is 21.1 Å². The van der Waals surface area contributed by atoms with Gasteiger partial charge in [-0.15, -0.1) is 0 Å². The van der Waals surface area contributed by atoms with E-state index in [2.05, 4.69) is 5.32 Å². The second kappa shape index (κ2) is 9.60. The third-order valence-electron chi connectivity index (χ3n) is 3.34. The highest BCUT2D eigenvalue weighted by Gasteiger charge is 2.18. The quantitative estimate of drug-likeness (QED) is 0.766. The number of nitrogens with zero attached hydrogens (tertiary/aromatic N) is 3. The Kier molecular flexibility index (Phi) is 8.15. The molecule has 1 rings (SSSR count). The first-order chi connectivity index (χ1) is 11.6. The smallest absolute Gasteiger partial charge is 0.241 e. The third kappa shape index (κ3) is 6.89. The van der Waals surface area contributed by atoms with Crippen LogP contribution in [-0.4, -0.2) is 80.2 Å². The van der Waals surface area contributed by atoms with Crippen molar-refractivity contribution in [3.05, 3.63) is 28.2 Å². The first-order valence-electron chi connectivity index (χ1n) is 7.48. The summed E-state index contributed by atoms with van der Waals surface area (Å²) >= 11 is 12.0. The van der Waals surface area contributed by atoms with Gasteiger partial charge in [-0.2, -0.15) is 0 Å². The molecule has 7 nitrogen and oxygen atoms in total. The van der Waals surface area contributed by atoms with E-state index in [1.54, 1.807) is 51.3 Å². The molecule has 0 aliphatic rings. The zero-order valence-electron chi connectivity index (χ0n) is 14.7. The Morgan fingerprint density at radius 2 is 1.48 bits per heavy atom. The number of nitrogens with one attached hydrogen (secondary N) is 1. The zero-order chi connectivity index (χ0) is 19.1. The Morgan fingerprint density at radius 1 is 0.920 bits per heavy atom. The first kappa shape index (κ1) is 21.2. The fourth-order valence-electron chi connectivity index (χ4n) is 1.88. The predicted molar refractivity (Wildman–Crippen MR) is 98.9 cm³/mol. The van der Waals surface area contributed by atoms with Crippen LogP contribution in [0.4, 0.5) is 5.69 Å². The fraction of sp³-hybridized carbons (Fsp3) is 0.438. The molecule has 0 aliphatic carbocycles. The maximum absolute atomic E-state index is 12.1. The molecule has 0 aliphatic heterocycles. The van der Waals surface area contributed by atoms with E-state index < -0.39 is 0 Å². The van der Waals surface area contributed by atoms with Crippen molar-refractivity contribution in [3.63, 3.8) is 0 Å². The van der Waals surface area contributed by atoms with E-state index in [0.717, 1.165) is 0 Å². The number of amides is 3. The molecule has 0 heterocycles. The van der Waals surface area contributed by atoms with Gasteiger partial charge >= 0.3 is 0 Å². The number of hydrogen-bond acceptors (Lipinski definition) is 4. The van der Waals surface area contributed by atoms with Crippen LogP contribution in [0.25, 0.3) is 0 Å². The number of para-hydroxylation sites is 1. The summed E-state index contributed by atoms with van der Waals surface area (Å²) in [5.41, 5.74) is 0.337. The van der Waals surface area contributed by atoms with Crippen LogP contribution in [0.15, 0.2) is 18.2 Å². The van der Waals surface area contributed by atoms with E-state index in [9.17, 15) is 14.4 Å². The van der Waals surface area contributed by atoms with Gasteiger partial charge in [0.15, 0.2) is 0 Å². The molecule has 138 valence electrons. The van der Waals surface area contributed by atoms with E-state index in [4.69, 9.17) is 23.2 Å². The monoisotopic (exact) mass is 388 g/mol. The molecular weight excluding hydrogens is 367 g/mol. The molecule has 0 saturated heterocycles. The summed E-state index contributed by atoms with van der Waals surface area (Å²) in [5, 5.41) is 3.30. The van der Waals surface area contributed by atoms with Crippen molar-refractivity contribution in [2.24, 2.45) is 0 Å². The van der Waals surface area contributed by atoms with E-state index in [1.165, 1.54) is 9.80 Å². The van der Waals surface area contributed by atoms with Crippen LogP contribution in [-0.2, 0) is 14.4 Å². The SMILES string of the molecule is CN(CC(=O)Nc1c(Cl)cccc1Cl)CC(=O)N(C)CC(=O)N(C)C. The van der Waals surface area contributed by atoms with Crippen LogP contribution in [0.2, 0.25) is 10.0 Å². The van der Waals surface area contributed by atoms with Gasteiger partial charge < -0.3 is 15.1 Å². The molecule has 0 spiro atoms. The maximum Gasteiger partial charge on any atom is 0.241 e. The molecule has 0 unspecified atom stereocenters. The summed E-state index contributed by atoms with van der Waals surface area (Å²) < 4.78 is 0. The second-order valence-electron chi connectivity index (χ2n) is 5.86. The summed E-state index contributed by atoms with van der Waals surface area (Å²) in [6.07, 6.45) is 0. The lowest BCUT2D eigenvalue weighted by molar-refractivity contribution is -0.138. The summed E-state index contributed by atoms with van der Waals surface area (Å²) in [6, 6.07) is 4.91. The Morgan fingerprint density at radius 3 is 2.00 bits per heavy atom. The molecule has 0 fully saturated rings. The fourth-order valence-corrected chi connectivity index (χ4v) is 2.37. The Balaban J connectivity index is 2.53. The minimum Gasteiger partial charge on any atom is -0.347 e. The molecule has 0 aromatic heterocycles. The number of hydrogen-bond donors (Lipinski definition) is 1. The van der Waals surface area contributed by atoms with Crippen molar-refractivity contribution in [1.29, 1.82) is 0 Å². The first-order valence-corrected chi connectivity index (χ1v) is 8.24. The predicted octanol–water partition coefficient (Wildman–Crippen LogP) is 1.41. The highest BCUT2D eigenvalue weighted by molar-refractivity contribution is 6.39. The van der Waals surface area contributed by atoms with Crippen LogP contribution in [0, 0.1) is 0 Å². The molecule has 1 N–H and O–H groups in total. The number of halogens is 2. The molecule has 9 heteroatoms. The van der Waals surface area contributed by atoms with E-state index >= 15 is 0 Å². The van der Waals surface area contributed by atoms with Gasteiger partial charge in [-0.05, 0) is 19.2 Å². The number of carbonyl (C=O) groups is 3. The molecule has 0 atom stereocenters. The third-order valence-corrected chi connectivity index (χ3v) is 3.97. The Hall–Kier alpha value is -1.83. The Bertz CT molecular complexity index is 632. The van der Waals surface area contributed by atoms with E-state index in [-0.39, 0.29) is 37.4 Å². The average molecular weight is 389 g/mol. The van der Waals surface area contributed by atoms with Crippen LogP contribution in [0.5, 0.6) is 0 Å². The number of likely N-dealkylation sites (N-methyl/N-ethyl adjacent to an activating group) is 3. The van der Waals surface area contributed by atoms with E-state index in [0.29, 0.717) is 15.7 Å². The number of benzene rings is 1. The van der Waals surface area contributed by atoms with Crippen molar-refractivity contribution < 1.29 is 14.4 Å². The van der Waals surface area contributed by atoms with Crippen LogP contribution < -0.4 is 5.32 Å². The number of carbonyl (C=O) groups excluding carboxylic acids is 3. The molecule has 3 amide bonds. The molecule has 1 aromatic carbocycles. The van der Waals surface area contributed by atoms with Crippen LogP contribution in [0.1, 0.15) is 0 Å². The van der Waals surface area contributed by atoms with Crippen LogP contribution in [0.3, 0.4) is 0 Å². The molecule has 25 heavy (non-hydrogen) atoms. The normalized spacial score (nSPS) is 10.5. The number of rotatable bonds is 7. The van der Waals surface area contributed by atoms with E-state index in [1.807, 2.05) is 0 Å². The van der Waals surface area contributed by atoms with Gasteiger partial charge in [0.05, 0.1) is 35.4 Å². The summed E-state index contributed by atoms with van der Waals surface area (Å²) in [6.45, 7) is -0.0370. The zero-order valence-corrected chi connectivity index (χ0v) is 16.2. The minimum atomic E-state index is -0.350. The van der Waals surface area contributed by atoms with Gasteiger partial charge in [0.2, 0.25) is 17.7 Å². The Labute approximate surface area is 157 Å². The molecule has 0 saturated carbocycles. The van der Waals surface area contributed by atoms with Crippen molar-refractivity contribution in [2.75, 3.05) is 53.1 Å². The van der Waals surface area contributed by atoms with Crippen molar-refractivity contribution >= 4 is 46.6 Å². The van der Waals surface area contributed by atoms with Gasteiger partial charge in [-0.3, -0.25) is 19.3 Å². The van der Waals surface area contributed by atoms with Gasteiger partial charge in [-0.25, -0.2) is 0 Å². The lowest BCUT2D eigenvalue weighted by Crippen LogP contribution is -2.43. The van der Waals surface area contributed by atoms with Crippen molar-refractivity contribution in [1.82, 2.24) is 14.7 Å². The summed E-state index contributed by atoms with van der Waals surface area (Å²) in [5.74, 6) is -0.789. The van der Waals surface area contributed by atoms with Crippen LogP contribution >= 0.6 is 23.2 Å². The average Bonchev–Trinajstić information content (AvgIpc) is 2.50. The lowest BCUT2D eigenvalue weighted by Gasteiger charge is -2.22. The van der Waals surface area contributed by atoms with Crippen molar-refractivity contribution in [3.8, 4) is 0 Å². The molecule has 1 aromatic rings. The topological polar surface area (TPSA) is 73.0 Å². The van der Waals surface area contributed by atoms with Gasteiger partial charge in [-0.1, -0.05) is 29.3 Å². The summed E-state index contributed by atoms with van der Waals surface area (Å²) in [7, 11) is 6.42. The lowest BCUT2D eigenvalue weighted by atomic mass is 10.3. The largest absolute Gasteiger partial charge is 0.347 e. The standard InChI is InChI=1S/C16H22Cl2N4O3/c1-20(2)14(24)10-22(4)15(25)9-21(3)8-13(23)19-16-11(17)6-5-7-12(16)18/h5-7H,8-10H2,1-4H3,(H,19,23). The highest BCUT2D eigenvalue weighted by Crippen LogP contribution is 2.29. The van der Waals surface area contributed by atoms with Gasteiger partial charge in [0.25, 0.3) is 0 Å². The molecular formula is C16H22Cl2N4O3. The second-order valence-corrected chi connectivity index (χ2v) is 6.67. The maximum atomic E-state index is 12.1.